The Balaban J connectivity index is 2.18. The van der Waals surface area contributed by atoms with Gasteiger partial charge in [0.05, 0.1) is 0 Å². The van der Waals surface area contributed by atoms with Crippen LogP contribution in [0.4, 0.5) is 5.82 Å². The summed E-state index contributed by atoms with van der Waals surface area (Å²) in [4.78, 5) is 14.6. The van der Waals surface area contributed by atoms with Gasteiger partial charge in [-0.15, -0.1) is 0 Å². The van der Waals surface area contributed by atoms with E-state index in [0.717, 1.165) is 19.4 Å². The lowest BCUT2D eigenvalue weighted by Crippen LogP contribution is -2.63. The molecule has 1 aromatic heterocycles. The fraction of sp³-hybridized carbons (Fsp3) is 0.667. The third kappa shape index (κ3) is 2.85. The summed E-state index contributed by atoms with van der Waals surface area (Å²) in [6.45, 7) is 9.03. The molecule has 1 aromatic rings. The fourth-order valence-electron chi connectivity index (χ4n) is 2.94. The Hall–Kier alpha value is -1.69. The average molecular weight is 293 g/mol. The maximum absolute atomic E-state index is 11.1. The number of aromatic nitrogens is 1. The molecule has 1 N–H and O–H groups in total. The van der Waals surface area contributed by atoms with Gasteiger partial charge in [-0.1, -0.05) is 20.8 Å². The van der Waals surface area contributed by atoms with Crippen LogP contribution < -0.4 is 10.1 Å². The molecule has 1 saturated carbocycles. The van der Waals surface area contributed by atoms with Crippen LogP contribution in [0.15, 0.2) is 12.1 Å². The number of nitrogens with zero attached hydrogens (tertiary/aromatic N) is 2. The van der Waals surface area contributed by atoms with Crippen molar-refractivity contribution in [2.75, 3.05) is 6.54 Å². The first-order chi connectivity index (χ1) is 9.92. The van der Waals surface area contributed by atoms with Crippen molar-refractivity contribution in [3.63, 3.8) is 0 Å². The monoisotopic (exact) mass is 293 g/mol. The minimum absolute atomic E-state index is 0.00519. The number of pyridine rings is 1. The van der Waals surface area contributed by atoms with Crippen molar-refractivity contribution in [1.82, 2.24) is 10.3 Å². The van der Waals surface area contributed by atoms with Crippen molar-refractivity contribution in [1.29, 1.82) is 0 Å². The number of hydrogen-bond acceptors (Lipinski definition) is 5. The molecule has 0 aromatic carbocycles. The predicted octanol–water partition coefficient (Wildman–Crippen LogP) is 2.84. The highest BCUT2D eigenvalue weighted by atomic mass is 16.6. The highest BCUT2D eigenvalue weighted by Gasteiger charge is 2.52. The normalized spacial score (nSPS) is 28.0. The molecular weight excluding hydrogens is 270 g/mol. The van der Waals surface area contributed by atoms with Gasteiger partial charge in [-0.25, -0.2) is 0 Å². The van der Waals surface area contributed by atoms with Crippen LogP contribution in [0, 0.1) is 22.5 Å². The number of nitrogens with one attached hydrogen (secondary N) is 1. The zero-order valence-electron chi connectivity index (χ0n) is 13.0. The minimum atomic E-state index is -0.480. The van der Waals surface area contributed by atoms with Crippen molar-refractivity contribution < 1.29 is 9.66 Å². The predicted molar refractivity (Wildman–Crippen MR) is 80.5 cm³/mol. The molecule has 0 amide bonds. The van der Waals surface area contributed by atoms with Gasteiger partial charge < -0.3 is 20.2 Å². The first-order valence-corrected chi connectivity index (χ1v) is 7.44. The summed E-state index contributed by atoms with van der Waals surface area (Å²) in [6, 6.07) is 3.79. The second kappa shape index (κ2) is 5.97. The Bertz CT molecular complexity index is 535. The number of hydrogen-bond donors (Lipinski definition) is 1. The maximum atomic E-state index is 11.1. The smallest absolute Gasteiger partial charge is 0.406 e. The average Bonchev–Trinajstić information content (AvgIpc) is 2.46. The molecule has 0 bridgehead atoms. The second-order valence-electron chi connectivity index (χ2n) is 5.84. The van der Waals surface area contributed by atoms with Crippen LogP contribution in [0.5, 0.6) is 5.75 Å². The van der Waals surface area contributed by atoms with E-state index in [-0.39, 0.29) is 23.1 Å². The van der Waals surface area contributed by atoms with Crippen LogP contribution in [-0.2, 0) is 0 Å². The van der Waals surface area contributed by atoms with Gasteiger partial charge in [0.2, 0.25) is 5.75 Å². The quantitative estimate of drug-likeness (QED) is 0.644. The first kappa shape index (κ1) is 15.7. The lowest BCUT2D eigenvalue weighted by atomic mass is 9.61. The molecule has 6 nitrogen and oxygen atoms in total. The van der Waals surface area contributed by atoms with Gasteiger partial charge in [-0.2, -0.15) is 0 Å². The summed E-state index contributed by atoms with van der Waals surface area (Å²) in [6.07, 6.45) is 1.81. The van der Waals surface area contributed by atoms with Gasteiger partial charge in [-0.3, -0.25) is 0 Å². The zero-order chi connectivity index (χ0) is 15.6. The molecule has 0 saturated heterocycles. The van der Waals surface area contributed by atoms with Crippen LogP contribution in [0.1, 0.15) is 39.3 Å². The van der Waals surface area contributed by atoms with E-state index in [1.165, 1.54) is 0 Å². The highest BCUT2D eigenvalue weighted by molar-refractivity contribution is 5.40. The standard InChI is InChI=1S/C15H23N3O3/c1-5-15(4)12(16-6-2)9-13(15)21-11-8-7-10(3)17-14(11)18(19)20/h7-8,12-13,16H,5-6,9H2,1-4H3. The van der Waals surface area contributed by atoms with Gasteiger partial charge >= 0.3 is 5.82 Å². The molecule has 1 fully saturated rings. The van der Waals surface area contributed by atoms with Crippen molar-refractivity contribution in [2.24, 2.45) is 5.41 Å². The lowest BCUT2D eigenvalue weighted by Gasteiger charge is -2.53. The molecule has 0 radical (unpaired) electrons. The number of rotatable bonds is 6. The van der Waals surface area contributed by atoms with Crippen LogP contribution in [0.2, 0.25) is 0 Å². The van der Waals surface area contributed by atoms with Gasteiger partial charge in [0, 0.05) is 24.8 Å². The van der Waals surface area contributed by atoms with Crippen LogP contribution >= 0.6 is 0 Å². The van der Waals surface area contributed by atoms with E-state index in [2.05, 4.69) is 31.1 Å². The Labute approximate surface area is 125 Å². The van der Waals surface area contributed by atoms with E-state index in [9.17, 15) is 10.1 Å². The summed E-state index contributed by atoms with van der Waals surface area (Å²) in [5.41, 5.74) is 0.612. The van der Waals surface area contributed by atoms with Crippen LogP contribution in [-0.4, -0.2) is 28.6 Å². The van der Waals surface area contributed by atoms with Crippen LogP contribution in [0.3, 0.4) is 0 Å². The Morgan fingerprint density at radius 3 is 2.81 bits per heavy atom. The summed E-state index contributed by atoms with van der Waals surface area (Å²) >= 11 is 0. The molecular formula is C15H23N3O3. The molecule has 21 heavy (non-hydrogen) atoms. The summed E-state index contributed by atoms with van der Waals surface area (Å²) in [7, 11) is 0. The fourth-order valence-corrected chi connectivity index (χ4v) is 2.94. The lowest BCUT2D eigenvalue weighted by molar-refractivity contribution is -0.391. The minimum Gasteiger partial charge on any atom is -0.482 e. The Kier molecular flexibility index (Phi) is 4.46. The third-order valence-electron chi connectivity index (χ3n) is 4.61. The summed E-state index contributed by atoms with van der Waals surface area (Å²) in [5, 5.41) is 14.6. The molecule has 3 unspecified atom stereocenters. The van der Waals surface area contributed by atoms with E-state index in [1.807, 2.05) is 0 Å². The molecule has 2 rings (SSSR count). The topological polar surface area (TPSA) is 77.3 Å². The molecule has 116 valence electrons. The second-order valence-corrected chi connectivity index (χ2v) is 5.84. The van der Waals surface area contributed by atoms with Gasteiger partial charge in [0.25, 0.3) is 0 Å². The van der Waals surface area contributed by atoms with E-state index in [0.29, 0.717) is 11.7 Å². The molecule has 3 atom stereocenters. The van der Waals surface area contributed by atoms with Crippen molar-refractivity contribution in [2.45, 2.75) is 52.7 Å². The summed E-state index contributed by atoms with van der Waals surface area (Å²) < 4.78 is 5.94. The molecule has 0 aliphatic heterocycles. The van der Waals surface area contributed by atoms with Crippen molar-refractivity contribution in [3.05, 3.63) is 27.9 Å². The van der Waals surface area contributed by atoms with E-state index in [1.54, 1.807) is 19.1 Å². The largest absolute Gasteiger partial charge is 0.482 e. The number of ether oxygens (including phenoxy) is 1. The number of nitro groups is 1. The molecule has 1 aliphatic carbocycles. The zero-order valence-corrected chi connectivity index (χ0v) is 13.0. The van der Waals surface area contributed by atoms with Gasteiger partial charge in [0.1, 0.15) is 11.8 Å². The van der Waals surface area contributed by atoms with E-state index < -0.39 is 4.92 Å². The third-order valence-corrected chi connectivity index (χ3v) is 4.61. The van der Waals surface area contributed by atoms with Crippen molar-refractivity contribution >= 4 is 5.82 Å². The Morgan fingerprint density at radius 2 is 2.24 bits per heavy atom. The molecule has 1 aliphatic rings. The highest BCUT2D eigenvalue weighted by Crippen LogP contribution is 2.46. The number of aryl methyl sites for hydroxylation is 1. The van der Waals surface area contributed by atoms with Crippen molar-refractivity contribution in [3.8, 4) is 5.75 Å². The summed E-state index contributed by atoms with van der Waals surface area (Å²) in [5.74, 6) is 0.0746. The molecule has 6 heteroatoms. The molecule has 1 heterocycles. The van der Waals surface area contributed by atoms with E-state index >= 15 is 0 Å². The van der Waals surface area contributed by atoms with Gasteiger partial charge in [0.15, 0.2) is 0 Å². The van der Waals surface area contributed by atoms with Crippen LogP contribution in [0.25, 0.3) is 0 Å². The molecule has 0 spiro atoms. The maximum Gasteiger partial charge on any atom is 0.406 e. The Morgan fingerprint density at radius 1 is 1.52 bits per heavy atom. The first-order valence-electron chi connectivity index (χ1n) is 7.44. The van der Waals surface area contributed by atoms with Gasteiger partial charge in [-0.05, 0) is 35.0 Å². The SMILES string of the molecule is CCNC1CC(Oc2ccc(C)nc2[N+](=O)[O-])C1(C)CC. The van der Waals surface area contributed by atoms with E-state index in [4.69, 9.17) is 4.74 Å².